The van der Waals surface area contributed by atoms with Crippen molar-refractivity contribution in [1.82, 2.24) is 25.2 Å². The van der Waals surface area contributed by atoms with Gasteiger partial charge < -0.3 is 30.5 Å². The Bertz CT molecular complexity index is 1280. The molecule has 1 aliphatic heterocycles. The summed E-state index contributed by atoms with van der Waals surface area (Å²) in [4.78, 5) is 43.7. The number of hydrogen-bond donors (Lipinski definition) is 2. The number of nitrogens with two attached hydrogens (primary N) is 1. The van der Waals surface area contributed by atoms with Crippen LogP contribution in [0.2, 0.25) is 0 Å². The molecule has 1 aromatic carbocycles. The molecule has 0 atom stereocenters. The third kappa shape index (κ3) is 7.79. The Labute approximate surface area is 229 Å². The zero-order valence-corrected chi connectivity index (χ0v) is 22.9. The molecule has 1 saturated heterocycles. The van der Waals surface area contributed by atoms with Crippen molar-refractivity contribution in [2.45, 2.75) is 32.9 Å². The second-order valence-corrected chi connectivity index (χ2v) is 10.5. The predicted molar refractivity (Wildman–Crippen MR) is 151 cm³/mol. The molecule has 0 spiro atoms. The first-order valence-corrected chi connectivity index (χ1v) is 12.9. The molecule has 39 heavy (non-hydrogen) atoms. The van der Waals surface area contributed by atoms with Gasteiger partial charge in [0.2, 0.25) is 11.9 Å². The highest BCUT2D eigenvalue weighted by Gasteiger charge is 2.20. The van der Waals surface area contributed by atoms with E-state index in [0.717, 1.165) is 48.6 Å². The highest BCUT2D eigenvalue weighted by Crippen LogP contribution is 2.23. The van der Waals surface area contributed by atoms with Crippen molar-refractivity contribution in [3.63, 3.8) is 0 Å². The Morgan fingerprint density at radius 1 is 1.00 bits per heavy atom. The Kier molecular flexibility index (Phi) is 8.48. The first kappa shape index (κ1) is 27.6. The monoisotopic (exact) mass is 532 g/mol. The van der Waals surface area contributed by atoms with Crippen LogP contribution in [-0.2, 0) is 16.1 Å². The number of carbonyl (C=O) groups is 2. The number of pyridine rings is 1. The fraction of sp³-hybridized carbons (Fsp3) is 0.393. The number of likely N-dealkylation sites (N-methyl/N-ethyl adjacent to an activating group) is 1. The Morgan fingerprint density at radius 2 is 1.69 bits per heavy atom. The maximum absolute atomic E-state index is 12.5. The summed E-state index contributed by atoms with van der Waals surface area (Å²) in [5, 5.41) is 2.50. The number of rotatable bonds is 7. The number of nitrogens with zero attached hydrogens (tertiary/aromatic N) is 6. The lowest BCUT2D eigenvalue weighted by Crippen LogP contribution is -2.47. The minimum absolute atomic E-state index is 0.134. The van der Waals surface area contributed by atoms with E-state index in [9.17, 15) is 9.59 Å². The number of benzene rings is 1. The molecular weight excluding hydrogens is 496 g/mol. The van der Waals surface area contributed by atoms with Gasteiger partial charge in [0.1, 0.15) is 12.1 Å². The Morgan fingerprint density at radius 3 is 2.36 bits per heavy atom. The number of amides is 2. The van der Waals surface area contributed by atoms with Gasteiger partial charge in [-0.15, -0.1) is 0 Å². The zero-order chi connectivity index (χ0) is 28.0. The smallest absolute Gasteiger partial charge is 0.408 e. The van der Waals surface area contributed by atoms with Gasteiger partial charge in [0, 0.05) is 63.9 Å². The van der Waals surface area contributed by atoms with E-state index in [1.807, 2.05) is 48.9 Å². The quantitative estimate of drug-likeness (QED) is 0.472. The molecule has 0 saturated carbocycles. The molecule has 3 aromatic rings. The molecule has 1 fully saturated rings. The molecular formula is C28H36N8O3. The number of carbonyl (C=O) groups excluding carboxylic acids is 2. The minimum atomic E-state index is -0.619. The van der Waals surface area contributed by atoms with Crippen molar-refractivity contribution in [2.75, 3.05) is 55.3 Å². The van der Waals surface area contributed by atoms with E-state index in [1.54, 1.807) is 38.9 Å². The number of ether oxygens (including phenoxy) is 1. The lowest BCUT2D eigenvalue weighted by atomic mass is 10.1. The molecule has 0 aliphatic carbocycles. The summed E-state index contributed by atoms with van der Waals surface area (Å²) >= 11 is 0. The van der Waals surface area contributed by atoms with Crippen molar-refractivity contribution in [3.05, 3.63) is 60.7 Å². The number of aromatic nitrogens is 3. The average molecular weight is 533 g/mol. The number of nitrogens with one attached hydrogen (secondary N) is 1. The van der Waals surface area contributed by atoms with Crippen LogP contribution in [0, 0.1) is 0 Å². The summed E-state index contributed by atoms with van der Waals surface area (Å²) < 4.78 is 5.18. The van der Waals surface area contributed by atoms with Gasteiger partial charge in [-0.3, -0.25) is 9.78 Å². The van der Waals surface area contributed by atoms with E-state index in [0.29, 0.717) is 18.2 Å². The van der Waals surface area contributed by atoms with Gasteiger partial charge in [0.05, 0.1) is 17.6 Å². The molecule has 11 heteroatoms. The highest BCUT2D eigenvalue weighted by molar-refractivity contribution is 5.82. The summed E-state index contributed by atoms with van der Waals surface area (Å²) in [7, 11) is 1.70. The van der Waals surface area contributed by atoms with Gasteiger partial charge in [0.15, 0.2) is 0 Å². The van der Waals surface area contributed by atoms with Crippen LogP contribution < -0.4 is 20.9 Å². The van der Waals surface area contributed by atoms with Gasteiger partial charge in [-0.25, -0.2) is 14.8 Å². The van der Waals surface area contributed by atoms with Crippen molar-refractivity contribution in [2.24, 2.45) is 0 Å². The summed E-state index contributed by atoms with van der Waals surface area (Å²) in [6, 6.07) is 9.85. The van der Waals surface area contributed by atoms with E-state index in [-0.39, 0.29) is 12.5 Å². The van der Waals surface area contributed by atoms with Crippen LogP contribution >= 0.6 is 0 Å². The van der Waals surface area contributed by atoms with E-state index in [4.69, 9.17) is 10.5 Å². The van der Waals surface area contributed by atoms with Crippen molar-refractivity contribution in [1.29, 1.82) is 0 Å². The SMILES string of the molecule is CN(Cc1cccc(-c2cnc(N3CCN(c4cncc(N)c4)CC3)nc2)c1)C(=O)CNC(=O)OC(C)(C)C. The number of anilines is 3. The fourth-order valence-corrected chi connectivity index (χ4v) is 4.22. The molecule has 0 unspecified atom stereocenters. The van der Waals surface area contributed by atoms with Gasteiger partial charge in [-0.2, -0.15) is 0 Å². The van der Waals surface area contributed by atoms with Crippen LogP contribution in [0.5, 0.6) is 0 Å². The van der Waals surface area contributed by atoms with E-state index < -0.39 is 11.7 Å². The number of hydrogen-bond acceptors (Lipinski definition) is 9. The lowest BCUT2D eigenvalue weighted by molar-refractivity contribution is -0.129. The van der Waals surface area contributed by atoms with Crippen LogP contribution in [0.3, 0.4) is 0 Å². The average Bonchev–Trinajstić information content (AvgIpc) is 2.91. The third-order valence-electron chi connectivity index (χ3n) is 6.20. The third-order valence-corrected chi connectivity index (χ3v) is 6.20. The molecule has 0 radical (unpaired) electrons. The summed E-state index contributed by atoms with van der Waals surface area (Å²) in [6.45, 7) is 8.84. The topological polar surface area (TPSA) is 130 Å². The molecule has 11 nitrogen and oxygen atoms in total. The second-order valence-electron chi connectivity index (χ2n) is 10.5. The largest absolute Gasteiger partial charge is 0.444 e. The first-order valence-electron chi connectivity index (χ1n) is 12.9. The molecule has 1 aliphatic rings. The molecule has 2 aromatic heterocycles. The van der Waals surface area contributed by atoms with Gasteiger partial charge >= 0.3 is 6.09 Å². The van der Waals surface area contributed by atoms with Crippen LogP contribution in [-0.4, -0.2) is 77.2 Å². The highest BCUT2D eigenvalue weighted by atomic mass is 16.6. The van der Waals surface area contributed by atoms with Gasteiger partial charge in [0.25, 0.3) is 0 Å². The summed E-state index contributed by atoms with van der Waals surface area (Å²) in [5.74, 6) is 0.481. The maximum Gasteiger partial charge on any atom is 0.408 e. The predicted octanol–water partition coefficient (Wildman–Crippen LogP) is 2.93. The zero-order valence-electron chi connectivity index (χ0n) is 22.9. The minimum Gasteiger partial charge on any atom is -0.444 e. The van der Waals surface area contributed by atoms with Crippen molar-refractivity contribution >= 4 is 29.3 Å². The van der Waals surface area contributed by atoms with E-state index in [2.05, 4.69) is 30.1 Å². The number of piperazine rings is 1. The van der Waals surface area contributed by atoms with Crippen LogP contribution in [0.15, 0.2) is 55.1 Å². The summed E-state index contributed by atoms with van der Waals surface area (Å²) in [5.41, 5.74) is 9.75. The Balaban J connectivity index is 1.31. The van der Waals surface area contributed by atoms with Crippen LogP contribution in [0.4, 0.5) is 22.1 Å². The number of nitrogen functional groups attached to an aromatic ring is 1. The molecule has 2 amide bonds. The molecule has 4 rings (SSSR count). The van der Waals surface area contributed by atoms with E-state index >= 15 is 0 Å². The number of alkyl carbamates (subject to hydrolysis) is 1. The normalized spacial score (nSPS) is 13.6. The molecule has 206 valence electrons. The molecule has 3 heterocycles. The van der Waals surface area contributed by atoms with Crippen molar-refractivity contribution in [3.8, 4) is 11.1 Å². The van der Waals surface area contributed by atoms with Gasteiger partial charge in [-0.1, -0.05) is 18.2 Å². The van der Waals surface area contributed by atoms with Crippen LogP contribution in [0.25, 0.3) is 11.1 Å². The maximum atomic E-state index is 12.5. The standard InChI is InChI=1S/C28H36N8O3/c1-28(2,3)39-27(38)33-18-25(37)34(4)19-20-6-5-7-21(12-20)22-14-31-26(32-15-22)36-10-8-35(9-11-36)24-13-23(29)16-30-17-24/h5-7,12-17H,8-11,18-19,29H2,1-4H3,(H,33,38). The van der Waals surface area contributed by atoms with Crippen LogP contribution in [0.1, 0.15) is 26.3 Å². The lowest BCUT2D eigenvalue weighted by Gasteiger charge is -2.35. The molecule has 3 N–H and O–H groups in total. The fourth-order valence-electron chi connectivity index (χ4n) is 4.22. The van der Waals surface area contributed by atoms with E-state index in [1.165, 1.54) is 0 Å². The summed E-state index contributed by atoms with van der Waals surface area (Å²) in [6.07, 6.45) is 6.52. The Hall–Kier alpha value is -4.41. The molecule has 0 bridgehead atoms. The van der Waals surface area contributed by atoms with Gasteiger partial charge in [-0.05, 0) is 44.0 Å². The second kappa shape index (κ2) is 12.0. The van der Waals surface area contributed by atoms with Crippen molar-refractivity contribution < 1.29 is 14.3 Å². The first-order chi connectivity index (χ1) is 18.6.